The molecule has 6 nitrogen and oxygen atoms in total. The zero-order chi connectivity index (χ0) is 42.1. The molecule has 0 aliphatic carbocycles. The fourth-order valence-corrected chi connectivity index (χ4v) is 5.13. The van der Waals surface area contributed by atoms with Gasteiger partial charge >= 0.3 is 67.9 Å². The second-order valence-corrected chi connectivity index (χ2v) is 12.2. The van der Waals surface area contributed by atoms with Gasteiger partial charge in [-0.3, -0.25) is 28.8 Å². The standard InChI is InChI=1S/3C14H9F3O2.Eu/c3*15-14(16,17)13(19)8-12(18)11-6-5-9-3-1-2-4-10(9)7-11;/h3*1-7H,8H2;/q;;;+3. The van der Waals surface area contributed by atoms with Crippen LogP contribution in [0.1, 0.15) is 50.3 Å². The minimum Gasteiger partial charge on any atom is -0.294 e. The fraction of sp³-hybridized carbons (Fsp3) is 0.143. The predicted octanol–water partition coefficient (Wildman–Crippen LogP) is 10.6. The van der Waals surface area contributed by atoms with Crippen LogP contribution in [-0.4, -0.2) is 53.2 Å². The van der Waals surface area contributed by atoms with Crippen LogP contribution in [0.25, 0.3) is 32.3 Å². The molecule has 0 aromatic heterocycles. The third-order valence-corrected chi connectivity index (χ3v) is 8.13. The van der Waals surface area contributed by atoms with E-state index in [0.29, 0.717) is 0 Å². The number of carbonyl (C=O) groups excluding carboxylic acids is 6. The second-order valence-electron chi connectivity index (χ2n) is 12.2. The molecule has 0 aliphatic rings. The van der Waals surface area contributed by atoms with Crippen molar-refractivity contribution in [3.8, 4) is 0 Å². The van der Waals surface area contributed by atoms with Crippen LogP contribution in [0.15, 0.2) is 127 Å². The van der Waals surface area contributed by atoms with E-state index in [1.54, 1.807) is 54.6 Å². The van der Waals surface area contributed by atoms with Crippen molar-refractivity contribution in [3.63, 3.8) is 0 Å². The number of carbonyl (C=O) groups is 6. The summed E-state index contributed by atoms with van der Waals surface area (Å²) in [6, 6.07) is 35.1. The summed E-state index contributed by atoms with van der Waals surface area (Å²) in [6.07, 6.45) is -18.4. The van der Waals surface area contributed by atoms with Crippen molar-refractivity contribution in [2.75, 3.05) is 0 Å². The maximum absolute atomic E-state index is 12.1. The van der Waals surface area contributed by atoms with E-state index in [0.717, 1.165) is 32.3 Å². The summed E-state index contributed by atoms with van der Waals surface area (Å²) in [5.74, 6) is -8.55. The molecule has 0 saturated carbocycles. The fourth-order valence-electron chi connectivity index (χ4n) is 5.13. The molecule has 0 heterocycles. The Morgan fingerprint density at radius 1 is 0.328 bits per heavy atom. The average molecular weight is 951 g/mol. The number of ketones is 6. The summed E-state index contributed by atoms with van der Waals surface area (Å²) in [5.41, 5.74) is 0.323. The molecule has 0 radical (unpaired) electrons. The van der Waals surface area contributed by atoms with Gasteiger partial charge in [0.1, 0.15) is 0 Å². The van der Waals surface area contributed by atoms with E-state index < -0.39 is 72.5 Å². The van der Waals surface area contributed by atoms with Gasteiger partial charge in [0.05, 0.1) is 19.3 Å². The van der Waals surface area contributed by atoms with E-state index in [4.69, 9.17) is 0 Å². The molecule has 0 aliphatic heterocycles. The van der Waals surface area contributed by atoms with Crippen molar-refractivity contribution in [1.82, 2.24) is 0 Å². The molecule has 0 spiro atoms. The first kappa shape index (κ1) is 47.4. The summed E-state index contributed by atoms with van der Waals surface area (Å²) in [7, 11) is 0. The number of hydrogen-bond donors (Lipinski definition) is 0. The molecule has 6 rings (SSSR count). The number of halogens is 9. The van der Waals surface area contributed by atoms with Crippen molar-refractivity contribution < 1.29 is 118 Å². The van der Waals surface area contributed by atoms with Crippen LogP contribution in [0, 0.1) is 49.4 Å². The van der Waals surface area contributed by atoms with Gasteiger partial charge in [0, 0.05) is 16.7 Å². The minimum atomic E-state index is -4.97. The zero-order valence-corrected chi connectivity index (χ0v) is 31.9. The Morgan fingerprint density at radius 2 is 0.534 bits per heavy atom. The van der Waals surface area contributed by atoms with Crippen LogP contribution >= 0.6 is 0 Å². The Labute approximate surface area is 363 Å². The predicted molar refractivity (Wildman–Crippen MR) is 192 cm³/mol. The molecule has 16 heteroatoms. The van der Waals surface area contributed by atoms with Crippen molar-refractivity contribution in [3.05, 3.63) is 144 Å². The summed E-state index contributed by atoms with van der Waals surface area (Å²) in [6.45, 7) is 0. The van der Waals surface area contributed by atoms with Crippen LogP contribution < -0.4 is 0 Å². The van der Waals surface area contributed by atoms with Gasteiger partial charge in [0.25, 0.3) is 0 Å². The van der Waals surface area contributed by atoms with E-state index >= 15 is 0 Å². The van der Waals surface area contributed by atoms with E-state index in [9.17, 15) is 68.3 Å². The average Bonchev–Trinajstić information content (AvgIpc) is 3.16. The van der Waals surface area contributed by atoms with Crippen LogP contribution in [0.4, 0.5) is 39.5 Å². The first-order valence-corrected chi connectivity index (χ1v) is 16.5. The normalized spacial score (nSPS) is 11.3. The van der Waals surface area contributed by atoms with Crippen LogP contribution in [0.5, 0.6) is 0 Å². The number of alkyl halides is 9. The van der Waals surface area contributed by atoms with Crippen molar-refractivity contribution in [2.45, 2.75) is 37.8 Å². The smallest absolute Gasteiger partial charge is 0.294 e. The molecule has 0 saturated heterocycles. The number of benzene rings is 6. The Hall–Kier alpha value is -4.93. The molecule has 0 fully saturated rings. The Kier molecular flexibility index (Phi) is 16.5. The molecule has 6 aromatic rings. The first-order chi connectivity index (χ1) is 26.6. The van der Waals surface area contributed by atoms with Gasteiger partial charge in [-0.25, -0.2) is 0 Å². The van der Waals surface area contributed by atoms with Gasteiger partial charge in [-0.1, -0.05) is 109 Å². The third kappa shape index (κ3) is 13.6. The molecule has 0 bridgehead atoms. The summed E-state index contributed by atoms with van der Waals surface area (Å²) in [4.78, 5) is 67.2. The van der Waals surface area contributed by atoms with E-state index in [-0.39, 0.29) is 66.1 Å². The Bertz CT molecular complexity index is 2210. The molecular weight excluding hydrogens is 923 g/mol. The largest absolute Gasteiger partial charge is 3.00 e. The Morgan fingerprint density at radius 3 is 0.741 bits per heavy atom. The molecule has 0 unspecified atom stereocenters. The second kappa shape index (κ2) is 20.2. The topological polar surface area (TPSA) is 102 Å². The van der Waals surface area contributed by atoms with Crippen molar-refractivity contribution >= 4 is 67.0 Å². The quantitative estimate of drug-likeness (QED) is 0.0813. The molecule has 0 N–H and O–H groups in total. The summed E-state index contributed by atoms with van der Waals surface area (Å²) < 4.78 is 109. The minimum absolute atomic E-state index is 0. The number of fused-ring (bicyclic) bond motifs is 3. The van der Waals surface area contributed by atoms with Crippen LogP contribution in [0.2, 0.25) is 0 Å². The zero-order valence-electron chi connectivity index (χ0n) is 29.5. The van der Waals surface area contributed by atoms with E-state index in [1.807, 2.05) is 36.4 Å². The van der Waals surface area contributed by atoms with Gasteiger partial charge in [-0.15, -0.1) is 0 Å². The molecule has 6 aromatic carbocycles. The molecule has 298 valence electrons. The van der Waals surface area contributed by atoms with Gasteiger partial charge in [0.2, 0.25) is 17.3 Å². The third-order valence-electron chi connectivity index (χ3n) is 8.13. The molecular formula is C42H27EuF9O6+3. The van der Waals surface area contributed by atoms with E-state index in [2.05, 4.69) is 0 Å². The van der Waals surface area contributed by atoms with Crippen LogP contribution in [-0.2, 0) is 14.4 Å². The van der Waals surface area contributed by atoms with Crippen molar-refractivity contribution in [2.24, 2.45) is 0 Å². The molecule has 0 amide bonds. The number of hydrogen-bond acceptors (Lipinski definition) is 6. The summed E-state index contributed by atoms with van der Waals surface area (Å²) >= 11 is 0. The van der Waals surface area contributed by atoms with E-state index in [1.165, 1.54) is 36.4 Å². The monoisotopic (exact) mass is 951 g/mol. The SMILES string of the molecule is O=C(CC(=O)C(F)(F)F)c1ccc2ccccc2c1.O=C(CC(=O)C(F)(F)F)c1ccc2ccccc2c1.O=C(CC(=O)C(F)(F)F)c1ccc2ccccc2c1.[Eu+3]. The molecule has 58 heavy (non-hydrogen) atoms. The van der Waals surface area contributed by atoms with Crippen LogP contribution in [0.3, 0.4) is 0 Å². The number of rotatable bonds is 9. The first-order valence-electron chi connectivity index (χ1n) is 16.5. The Balaban J connectivity index is 0.000000231. The van der Waals surface area contributed by atoms with Gasteiger partial charge in [-0.2, -0.15) is 39.5 Å². The van der Waals surface area contributed by atoms with Gasteiger partial charge in [0.15, 0.2) is 17.3 Å². The maximum Gasteiger partial charge on any atom is 3.00 e. The van der Waals surface area contributed by atoms with Crippen molar-refractivity contribution in [1.29, 1.82) is 0 Å². The maximum atomic E-state index is 12.1. The molecule has 0 atom stereocenters. The van der Waals surface area contributed by atoms with Gasteiger partial charge < -0.3 is 0 Å². The van der Waals surface area contributed by atoms with Gasteiger partial charge in [-0.05, 0) is 50.5 Å². The summed E-state index contributed by atoms with van der Waals surface area (Å²) in [5, 5.41) is 4.86. The number of Topliss-reactive ketones (excluding diaryl/α,β-unsaturated/α-hetero) is 6.